The Hall–Kier alpha value is -0.830. The SMILES string of the molecule is C[C@@H]1CCCN(C(=O)/C=C/CN)C1. The van der Waals surface area contributed by atoms with Crippen LogP contribution in [-0.4, -0.2) is 30.4 Å². The number of amides is 1. The zero-order chi connectivity index (χ0) is 9.68. The van der Waals surface area contributed by atoms with Crippen molar-refractivity contribution in [3.8, 4) is 0 Å². The van der Waals surface area contributed by atoms with Crippen molar-refractivity contribution >= 4 is 5.91 Å². The van der Waals surface area contributed by atoms with Gasteiger partial charge >= 0.3 is 0 Å². The van der Waals surface area contributed by atoms with E-state index >= 15 is 0 Å². The minimum Gasteiger partial charge on any atom is -0.339 e. The first kappa shape index (κ1) is 10.3. The topological polar surface area (TPSA) is 46.3 Å². The van der Waals surface area contributed by atoms with Gasteiger partial charge in [-0.15, -0.1) is 0 Å². The van der Waals surface area contributed by atoms with E-state index in [0.717, 1.165) is 19.5 Å². The van der Waals surface area contributed by atoms with Gasteiger partial charge in [0.25, 0.3) is 0 Å². The van der Waals surface area contributed by atoms with E-state index in [1.807, 2.05) is 4.90 Å². The fourth-order valence-corrected chi connectivity index (χ4v) is 1.66. The Labute approximate surface area is 79.6 Å². The Morgan fingerprint density at radius 3 is 3.08 bits per heavy atom. The van der Waals surface area contributed by atoms with Crippen molar-refractivity contribution in [2.45, 2.75) is 19.8 Å². The van der Waals surface area contributed by atoms with E-state index < -0.39 is 0 Å². The fraction of sp³-hybridized carbons (Fsp3) is 0.700. The van der Waals surface area contributed by atoms with Crippen molar-refractivity contribution in [1.29, 1.82) is 0 Å². The van der Waals surface area contributed by atoms with Crippen LogP contribution in [0.3, 0.4) is 0 Å². The normalized spacial score (nSPS) is 23.8. The van der Waals surface area contributed by atoms with Crippen LogP contribution >= 0.6 is 0 Å². The van der Waals surface area contributed by atoms with Crippen LogP contribution in [0.2, 0.25) is 0 Å². The van der Waals surface area contributed by atoms with Crippen LogP contribution < -0.4 is 5.73 Å². The maximum atomic E-state index is 11.5. The van der Waals surface area contributed by atoms with Gasteiger partial charge in [-0.25, -0.2) is 0 Å². The van der Waals surface area contributed by atoms with Crippen LogP contribution in [0.25, 0.3) is 0 Å². The van der Waals surface area contributed by atoms with Gasteiger partial charge in [0.1, 0.15) is 0 Å². The first-order chi connectivity index (χ1) is 6.24. The summed E-state index contributed by atoms with van der Waals surface area (Å²) in [6.07, 6.45) is 5.66. The van der Waals surface area contributed by atoms with Crippen molar-refractivity contribution in [1.82, 2.24) is 4.90 Å². The lowest BCUT2D eigenvalue weighted by atomic mass is 10.0. The number of nitrogens with zero attached hydrogens (tertiary/aromatic N) is 1. The molecule has 2 N–H and O–H groups in total. The van der Waals surface area contributed by atoms with Gasteiger partial charge in [0, 0.05) is 25.7 Å². The maximum Gasteiger partial charge on any atom is 0.246 e. The minimum absolute atomic E-state index is 0.108. The lowest BCUT2D eigenvalue weighted by Gasteiger charge is -2.30. The highest BCUT2D eigenvalue weighted by Crippen LogP contribution is 2.15. The summed E-state index contributed by atoms with van der Waals surface area (Å²) in [6.45, 7) is 4.42. The Morgan fingerprint density at radius 1 is 1.69 bits per heavy atom. The molecule has 0 aromatic heterocycles. The summed E-state index contributed by atoms with van der Waals surface area (Å²) in [7, 11) is 0. The lowest BCUT2D eigenvalue weighted by molar-refractivity contribution is -0.127. The predicted molar refractivity (Wildman–Crippen MR) is 53.2 cm³/mol. The molecule has 1 aliphatic heterocycles. The molecule has 0 aromatic carbocycles. The molecule has 3 heteroatoms. The summed E-state index contributed by atoms with van der Waals surface area (Å²) in [5.41, 5.74) is 5.28. The first-order valence-corrected chi connectivity index (χ1v) is 4.89. The second-order valence-corrected chi connectivity index (χ2v) is 3.67. The summed E-state index contributed by atoms with van der Waals surface area (Å²) < 4.78 is 0. The Morgan fingerprint density at radius 2 is 2.46 bits per heavy atom. The summed E-state index contributed by atoms with van der Waals surface area (Å²) in [5.74, 6) is 0.751. The third-order valence-electron chi connectivity index (χ3n) is 2.37. The van der Waals surface area contributed by atoms with Crippen molar-refractivity contribution < 1.29 is 4.79 Å². The Kier molecular flexibility index (Phi) is 3.96. The molecule has 0 saturated carbocycles. The third-order valence-corrected chi connectivity index (χ3v) is 2.37. The molecule has 0 aliphatic carbocycles. The second-order valence-electron chi connectivity index (χ2n) is 3.67. The van der Waals surface area contributed by atoms with E-state index in [9.17, 15) is 4.79 Å². The van der Waals surface area contributed by atoms with Crippen LogP contribution in [0.1, 0.15) is 19.8 Å². The number of carbonyl (C=O) groups is 1. The number of likely N-dealkylation sites (tertiary alicyclic amines) is 1. The number of carbonyl (C=O) groups excluding carboxylic acids is 1. The zero-order valence-electron chi connectivity index (χ0n) is 8.20. The van der Waals surface area contributed by atoms with Gasteiger partial charge in [-0.2, -0.15) is 0 Å². The van der Waals surface area contributed by atoms with E-state index in [1.54, 1.807) is 12.2 Å². The lowest BCUT2D eigenvalue weighted by Crippen LogP contribution is -2.38. The molecule has 0 radical (unpaired) electrons. The molecular weight excluding hydrogens is 164 g/mol. The van der Waals surface area contributed by atoms with Crippen molar-refractivity contribution in [3.63, 3.8) is 0 Å². The van der Waals surface area contributed by atoms with Crippen LogP contribution in [0.4, 0.5) is 0 Å². The smallest absolute Gasteiger partial charge is 0.246 e. The van der Waals surface area contributed by atoms with Gasteiger partial charge in [0.15, 0.2) is 0 Å². The summed E-state index contributed by atoms with van der Waals surface area (Å²) in [4.78, 5) is 13.4. The van der Waals surface area contributed by atoms with Gasteiger partial charge in [-0.05, 0) is 18.8 Å². The molecular formula is C10H18N2O. The molecule has 13 heavy (non-hydrogen) atoms. The molecule has 1 heterocycles. The molecule has 0 unspecified atom stereocenters. The molecule has 0 spiro atoms. The van der Waals surface area contributed by atoms with Crippen LogP contribution in [0, 0.1) is 5.92 Å². The highest BCUT2D eigenvalue weighted by atomic mass is 16.2. The van der Waals surface area contributed by atoms with E-state index in [0.29, 0.717) is 12.5 Å². The summed E-state index contributed by atoms with van der Waals surface area (Å²) >= 11 is 0. The Balaban J connectivity index is 2.41. The van der Waals surface area contributed by atoms with Gasteiger partial charge in [-0.1, -0.05) is 13.0 Å². The average Bonchev–Trinajstić information content (AvgIpc) is 2.14. The van der Waals surface area contributed by atoms with Crippen molar-refractivity contribution in [2.75, 3.05) is 19.6 Å². The molecule has 1 amide bonds. The zero-order valence-corrected chi connectivity index (χ0v) is 8.20. The monoisotopic (exact) mass is 182 g/mol. The minimum atomic E-state index is 0.108. The predicted octanol–water partition coefficient (Wildman–Crippen LogP) is 0.760. The van der Waals surface area contributed by atoms with E-state index in [-0.39, 0.29) is 5.91 Å². The number of hydrogen-bond acceptors (Lipinski definition) is 2. The second kappa shape index (κ2) is 5.02. The number of rotatable bonds is 2. The van der Waals surface area contributed by atoms with Crippen molar-refractivity contribution in [2.24, 2.45) is 11.7 Å². The Bertz CT molecular complexity index is 201. The highest BCUT2D eigenvalue weighted by Gasteiger charge is 2.18. The fourth-order valence-electron chi connectivity index (χ4n) is 1.66. The first-order valence-electron chi connectivity index (χ1n) is 4.89. The van der Waals surface area contributed by atoms with E-state index in [2.05, 4.69) is 6.92 Å². The summed E-state index contributed by atoms with van der Waals surface area (Å²) in [6, 6.07) is 0. The number of nitrogens with two attached hydrogens (primary N) is 1. The van der Waals surface area contributed by atoms with E-state index in [4.69, 9.17) is 5.73 Å². The maximum absolute atomic E-state index is 11.5. The molecule has 74 valence electrons. The van der Waals surface area contributed by atoms with Gasteiger partial charge in [-0.3, -0.25) is 4.79 Å². The molecule has 0 bridgehead atoms. The van der Waals surface area contributed by atoms with Gasteiger partial charge in [0.2, 0.25) is 5.91 Å². The van der Waals surface area contributed by atoms with Crippen LogP contribution in [0.5, 0.6) is 0 Å². The largest absolute Gasteiger partial charge is 0.339 e. The van der Waals surface area contributed by atoms with Gasteiger partial charge < -0.3 is 10.6 Å². The molecule has 1 saturated heterocycles. The standard InChI is InChI=1S/C10H18N2O/c1-9-4-3-7-12(8-9)10(13)5-2-6-11/h2,5,9H,3-4,6-8,11H2,1H3/b5-2+/t9-/m1/s1. The van der Waals surface area contributed by atoms with E-state index in [1.165, 1.54) is 6.42 Å². The van der Waals surface area contributed by atoms with Gasteiger partial charge in [0.05, 0.1) is 0 Å². The molecule has 1 fully saturated rings. The highest BCUT2D eigenvalue weighted by molar-refractivity contribution is 5.87. The quantitative estimate of drug-likeness (QED) is 0.641. The molecule has 0 aromatic rings. The molecule has 3 nitrogen and oxygen atoms in total. The number of piperidine rings is 1. The molecule has 1 rings (SSSR count). The average molecular weight is 182 g/mol. The van der Waals surface area contributed by atoms with Crippen LogP contribution in [0.15, 0.2) is 12.2 Å². The third kappa shape index (κ3) is 3.19. The molecule has 1 atom stereocenters. The summed E-state index contributed by atoms with van der Waals surface area (Å²) in [5, 5.41) is 0. The van der Waals surface area contributed by atoms with Crippen LogP contribution in [-0.2, 0) is 4.79 Å². The van der Waals surface area contributed by atoms with Crippen molar-refractivity contribution in [3.05, 3.63) is 12.2 Å². The molecule has 1 aliphatic rings. The number of hydrogen-bond donors (Lipinski definition) is 1.